The number of nitrogens with one attached hydrogen (secondary N) is 1. The first-order valence-electron chi connectivity index (χ1n) is 9.62. The number of rotatable bonds is 5. The quantitative estimate of drug-likeness (QED) is 0.604. The van der Waals surface area contributed by atoms with Gasteiger partial charge in [-0.2, -0.15) is 0 Å². The summed E-state index contributed by atoms with van der Waals surface area (Å²) in [5.41, 5.74) is 3.28. The van der Waals surface area contributed by atoms with Gasteiger partial charge < -0.3 is 10.2 Å². The number of carbonyl (C=O) groups excluding carboxylic acids is 1. The molecular weight excluding hydrogens is 384 g/mol. The molecule has 1 fully saturated rings. The number of halogens is 1. The Kier molecular flexibility index (Phi) is 5.86. The van der Waals surface area contributed by atoms with E-state index >= 15 is 0 Å². The van der Waals surface area contributed by atoms with Gasteiger partial charge >= 0.3 is 0 Å². The number of hydrogen-bond acceptors (Lipinski definition) is 4. The van der Waals surface area contributed by atoms with E-state index in [4.69, 9.17) is 11.6 Å². The molecule has 1 N–H and O–H groups in total. The molecule has 0 saturated carbocycles. The lowest BCUT2D eigenvalue weighted by molar-refractivity contribution is -0.111. The highest BCUT2D eigenvalue weighted by atomic mass is 35.5. The molecular formula is C23H21ClN4O. The van der Waals surface area contributed by atoms with E-state index in [0.29, 0.717) is 10.7 Å². The van der Waals surface area contributed by atoms with Gasteiger partial charge in [-0.1, -0.05) is 41.9 Å². The van der Waals surface area contributed by atoms with E-state index in [0.717, 1.165) is 35.7 Å². The molecule has 0 atom stereocenters. The number of nitrogens with zero attached hydrogens (tertiary/aromatic N) is 3. The molecule has 3 aromatic rings. The number of anilines is 2. The van der Waals surface area contributed by atoms with Crippen LogP contribution in [0.15, 0.2) is 66.7 Å². The van der Waals surface area contributed by atoms with Crippen molar-refractivity contribution in [3.05, 3.63) is 77.3 Å². The number of carbonyl (C=O) groups is 1. The van der Waals surface area contributed by atoms with Crippen molar-refractivity contribution in [1.29, 1.82) is 0 Å². The molecule has 4 rings (SSSR count). The molecule has 1 aliphatic rings. The van der Waals surface area contributed by atoms with Crippen LogP contribution >= 0.6 is 11.6 Å². The second kappa shape index (κ2) is 8.88. The van der Waals surface area contributed by atoms with E-state index in [-0.39, 0.29) is 5.91 Å². The molecule has 5 nitrogen and oxygen atoms in total. The van der Waals surface area contributed by atoms with Crippen LogP contribution in [-0.4, -0.2) is 29.2 Å². The van der Waals surface area contributed by atoms with E-state index in [1.807, 2.05) is 54.6 Å². The Morgan fingerprint density at radius 1 is 0.966 bits per heavy atom. The van der Waals surface area contributed by atoms with Crippen LogP contribution in [0.2, 0.25) is 5.02 Å². The summed E-state index contributed by atoms with van der Waals surface area (Å²) in [4.78, 5) is 14.4. The molecule has 146 valence electrons. The molecule has 1 aliphatic heterocycles. The lowest BCUT2D eigenvalue weighted by Crippen LogP contribution is -2.19. The molecule has 2 heterocycles. The molecule has 1 amide bonds. The topological polar surface area (TPSA) is 58.1 Å². The van der Waals surface area contributed by atoms with Crippen LogP contribution in [0.1, 0.15) is 18.4 Å². The van der Waals surface area contributed by atoms with Gasteiger partial charge in [-0.3, -0.25) is 4.79 Å². The van der Waals surface area contributed by atoms with Crippen LogP contribution in [0.3, 0.4) is 0 Å². The molecule has 0 bridgehead atoms. The summed E-state index contributed by atoms with van der Waals surface area (Å²) in [5.74, 6) is 0.716. The fourth-order valence-corrected chi connectivity index (χ4v) is 3.48. The SMILES string of the molecule is O=C(/C=C/c1ccccc1Cl)Nc1ccc(-c2ccc(N3CCCC3)nn2)cc1. The number of aromatic nitrogens is 2. The van der Waals surface area contributed by atoms with Crippen LogP contribution in [0.5, 0.6) is 0 Å². The fraction of sp³-hybridized carbons (Fsp3) is 0.174. The summed E-state index contributed by atoms with van der Waals surface area (Å²) in [7, 11) is 0. The molecule has 2 aromatic carbocycles. The number of amides is 1. The summed E-state index contributed by atoms with van der Waals surface area (Å²) in [6.07, 6.45) is 5.59. The Morgan fingerprint density at radius 2 is 1.72 bits per heavy atom. The first-order chi connectivity index (χ1) is 14.2. The lowest BCUT2D eigenvalue weighted by Gasteiger charge is -2.15. The predicted molar refractivity (Wildman–Crippen MR) is 118 cm³/mol. The van der Waals surface area contributed by atoms with Crippen molar-refractivity contribution < 1.29 is 4.79 Å². The van der Waals surface area contributed by atoms with Gasteiger partial charge in [0.2, 0.25) is 5.91 Å². The number of hydrogen-bond donors (Lipinski definition) is 1. The zero-order valence-electron chi connectivity index (χ0n) is 15.9. The Labute approximate surface area is 175 Å². The maximum Gasteiger partial charge on any atom is 0.248 e. The standard InChI is InChI=1S/C23H21ClN4O/c24-20-6-2-1-5-17(20)9-14-23(29)25-19-10-7-18(8-11-19)21-12-13-22(27-26-21)28-15-3-4-16-28/h1-2,5-14H,3-4,15-16H2,(H,25,29)/b14-9+. The van der Waals surface area contributed by atoms with E-state index in [2.05, 4.69) is 20.4 Å². The number of benzene rings is 2. The van der Waals surface area contributed by atoms with Crippen LogP contribution in [0, 0.1) is 0 Å². The maximum absolute atomic E-state index is 12.1. The average molecular weight is 405 g/mol. The summed E-state index contributed by atoms with van der Waals surface area (Å²) >= 11 is 6.09. The first kappa shape index (κ1) is 19.2. The summed E-state index contributed by atoms with van der Waals surface area (Å²) < 4.78 is 0. The highest BCUT2D eigenvalue weighted by Gasteiger charge is 2.14. The van der Waals surface area contributed by atoms with E-state index in [1.165, 1.54) is 18.9 Å². The Morgan fingerprint density at radius 3 is 2.41 bits per heavy atom. The van der Waals surface area contributed by atoms with Gasteiger partial charge in [0.25, 0.3) is 0 Å². The van der Waals surface area contributed by atoms with Crippen LogP contribution < -0.4 is 10.2 Å². The van der Waals surface area contributed by atoms with Gasteiger partial charge in [0.15, 0.2) is 5.82 Å². The molecule has 1 aromatic heterocycles. The van der Waals surface area contributed by atoms with Gasteiger partial charge in [-0.25, -0.2) is 0 Å². The van der Waals surface area contributed by atoms with E-state index in [9.17, 15) is 4.79 Å². The van der Waals surface area contributed by atoms with Crippen molar-refractivity contribution in [2.75, 3.05) is 23.3 Å². The molecule has 0 unspecified atom stereocenters. The third-order valence-electron chi connectivity index (χ3n) is 4.85. The monoisotopic (exact) mass is 404 g/mol. The minimum Gasteiger partial charge on any atom is -0.355 e. The van der Waals surface area contributed by atoms with Crippen LogP contribution in [0.25, 0.3) is 17.3 Å². The van der Waals surface area contributed by atoms with Crippen LogP contribution in [-0.2, 0) is 4.79 Å². The smallest absolute Gasteiger partial charge is 0.248 e. The van der Waals surface area contributed by atoms with Gasteiger partial charge in [0, 0.05) is 35.4 Å². The van der Waals surface area contributed by atoms with Crippen molar-refractivity contribution in [1.82, 2.24) is 10.2 Å². The Balaban J connectivity index is 1.38. The third kappa shape index (κ3) is 4.81. The molecule has 1 saturated heterocycles. The largest absolute Gasteiger partial charge is 0.355 e. The summed E-state index contributed by atoms with van der Waals surface area (Å²) in [5, 5.41) is 12.2. The van der Waals surface area contributed by atoms with E-state index < -0.39 is 0 Å². The fourth-order valence-electron chi connectivity index (χ4n) is 3.28. The third-order valence-corrected chi connectivity index (χ3v) is 5.19. The molecule has 0 aliphatic carbocycles. The normalized spacial score (nSPS) is 13.8. The van der Waals surface area contributed by atoms with Gasteiger partial charge in [-0.05, 0) is 54.8 Å². The maximum atomic E-state index is 12.1. The van der Waals surface area contributed by atoms with Crippen LogP contribution in [0.4, 0.5) is 11.5 Å². The highest BCUT2D eigenvalue weighted by molar-refractivity contribution is 6.32. The van der Waals surface area contributed by atoms with Gasteiger partial charge in [0.1, 0.15) is 0 Å². The van der Waals surface area contributed by atoms with Crippen molar-refractivity contribution in [3.8, 4) is 11.3 Å². The van der Waals surface area contributed by atoms with E-state index in [1.54, 1.807) is 12.1 Å². The molecule has 0 spiro atoms. The Hall–Kier alpha value is -3.18. The average Bonchev–Trinajstić information content (AvgIpc) is 3.29. The summed E-state index contributed by atoms with van der Waals surface area (Å²) in [6, 6.07) is 18.9. The minimum absolute atomic E-state index is 0.215. The van der Waals surface area contributed by atoms with Gasteiger partial charge in [0.05, 0.1) is 5.69 Å². The molecule has 6 heteroatoms. The zero-order valence-corrected chi connectivity index (χ0v) is 16.6. The summed E-state index contributed by atoms with van der Waals surface area (Å²) in [6.45, 7) is 2.10. The Bertz CT molecular complexity index is 1010. The van der Waals surface area contributed by atoms with Gasteiger partial charge in [-0.15, -0.1) is 10.2 Å². The van der Waals surface area contributed by atoms with Crippen molar-refractivity contribution in [3.63, 3.8) is 0 Å². The lowest BCUT2D eigenvalue weighted by atomic mass is 10.1. The highest BCUT2D eigenvalue weighted by Crippen LogP contribution is 2.22. The first-order valence-corrected chi connectivity index (χ1v) is 9.99. The molecule has 29 heavy (non-hydrogen) atoms. The van der Waals surface area contributed by atoms with Crippen molar-refractivity contribution >= 4 is 35.1 Å². The minimum atomic E-state index is -0.215. The second-order valence-electron chi connectivity index (χ2n) is 6.89. The molecule has 0 radical (unpaired) electrons. The van der Waals surface area contributed by atoms with Crippen molar-refractivity contribution in [2.24, 2.45) is 0 Å². The second-order valence-corrected chi connectivity index (χ2v) is 7.30. The zero-order chi connectivity index (χ0) is 20.1. The predicted octanol–water partition coefficient (Wildman–Crippen LogP) is 5.05. The van der Waals surface area contributed by atoms with Crippen molar-refractivity contribution in [2.45, 2.75) is 12.8 Å².